The van der Waals surface area contributed by atoms with Crippen LogP contribution in [-0.2, 0) is 24.4 Å². The first-order valence-electron chi connectivity index (χ1n) is 5.05. The van der Waals surface area contributed by atoms with Gasteiger partial charge in [0.05, 0.1) is 12.7 Å². The zero-order valence-electron chi connectivity index (χ0n) is 8.68. The van der Waals surface area contributed by atoms with E-state index in [0.29, 0.717) is 6.42 Å². The van der Waals surface area contributed by atoms with E-state index in [9.17, 15) is 4.21 Å². The molecule has 0 amide bonds. The molecule has 0 fully saturated rings. The SMILES string of the molecule is N#CCCCCCCCCOS(=O)(O)=S. The molecule has 0 spiro atoms. The third kappa shape index (κ3) is 13.8. The summed E-state index contributed by atoms with van der Waals surface area (Å²) in [7, 11) is -3.43. The van der Waals surface area contributed by atoms with Crippen molar-refractivity contribution in [2.45, 2.75) is 44.9 Å². The van der Waals surface area contributed by atoms with Gasteiger partial charge in [-0.3, -0.25) is 8.74 Å². The summed E-state index contributed by atoms with van der Waals surface area (Å²) in [5.74, 6) is 0. The minimum atomic E-state index is -3.43. The van der Waals surface area contributed by atoms with E-state index in [1.54, 1.807) is 0 Å². The maximum absolute atomic E-state index is 10.5. The lowest BCUT2D eigenvalue weighted by Gasteiger charge is -2.01. The van der Waals surface area contributed by atoms with Gasteiger partial charge in [-0.25, -0.2) is 0 Å². The molecular weight excluding hydrogens is 234 g/mol. The summed E-state index contributed by atoms with van der Waals surface area (Å²) in [5.41, 5.74) is 0. The van der Waals surface area contributed by atoms with E-state index in [2.05, 4.69) is 21.4 Å². The first kappa shape index (κ1) is 14.8. The van der Waals surface area contributed by atoms with Gasteiger partial charge >= 0.3 is 0 Å². The van der Waals surface area contributed by atoms with E-state index >= 15 is 0 Å². The number of nitrogens with zero attached hydrogens (tertiary/aromatic N) is 1. The van der Waals surface area contributed by atoms with Gasteiger partial charge in [-0.1, -0.05) is 25.7 Å². The van der Waals surface area contributed by atoms with Gasteiger partial charge in [0, 0.05) is 17.6 Å². The first-order valence-corrected chi connectivity index (χ1v) is 7.41. The molecule has 0 aliphatic rings. The molecule has 1 N–H and O–H groups in total. The van der Waals surface area contributed by atoms with Crippen molar-refractivity contribution in [1.29, 1.82) is 5.26 Å². The zero-order valence-corrected chi connectivity index (χ0v) is 10.3. The summed E-state index contributed by atoms with van der Waals surface area (Å²) in [6, 6.07) is 2.10. The van der Waals surface area contributed by atoms with Crippen LogP contribution in [0.2, 0.25) is 0 Å². The standard InChI is InChI=1S/C9H17NO3S2/c10-8-6-4-2-1-3-5-7-9-13-15(11,12)14/h1-7,9H2,(H,11,12,14). The number of rotatable bonds is 9. The molecule has 15 heavy (non-hydrogen) atoms. The Morgan fingerprint density at radius 2 is 1.73 bits per heavy atom. The summed E-state index contributed by atoms with van der Waals surface area (Å²) in [6.45, 7) is 0.247. The third-order valence-electron chi connectivity index (χ3n) is 1.92. The van der Waals surface area contributed by atoms with Crippen molar-refractivity contribution in [2.24, 2.45) is 0 Å². The van der Waals surface area contributed by atoms with E-state index in [0.717, 1.165) is 38.5 Å². The lowest BCUT2D eigenvalue weighted by Crippen LogP contribution is -2.03. The normalized spacial score (nSPS) is 14.4. The van der Waals surface area contributed by atoms with Crippen molar-refractivity contribution >= 4 is 20.2 Å². The molecule has 0 aliphatic carbocycles. The van der Waals surface area contributed by atoms with Crippen molar-refractivity contribution < 1.29 is 12.9 Å². The van der Waals surface area contributed by atoms with Crippen LogP contribution in [0.3, 0.4) is 0 Å². The number of nitriles is 1. The van der Waals surface area contributed by atoms with Crippen molar-refractivity contribution in [1.82, 2.24) is 0 Å². The lowest BCUT2D eigenvalue weighted by atomic mass is 10.1. The van der Waals surface area contributed by atoms with Crippen molar-refractivity contribution in [3.8, 4) is 6.07 Å². The highest BCUT2D eigenvalue weighted by molar-refractivity contribution is 8.27. The summed E-state index contributed by atoms with van der Waals surface area (Å²) in [6.07, 6.45) is 6.56. The zero-order chi connectivity index (χ0) is 11.6. The molecular formula is C9H17NO3S2. The molecule has 4 nitrogen and oxygen atoms in total. The Bertz CT molecular complexity index is 282. The van der Waals surface area contributed by atoms with Crippen molar-refractivity contribution in [3.63, 3.8) is 0 Å². The topological polar surface area (TPSA) is 70.3 Å². The maximum Gasteiger partial charge on any atom is 0.266 e. The average molecular weight is 251 g/mol. The average Bonchev–Trinajstić information content (AvgIpc) is 2.14. The Balaban J connectivity index is 3.10. The summed E-state index contributed by atoms with van der Waals surface area (Å²) >= 11 is 4.16. The second-order valence-corrected chi connectivity index (χ2v) is 5.63. The fourth-order valence-corrected chi connectivity index (χ4v) is 1.71. The summed E-state index contributed by atoms with van der Waals surface area (Å²) in [5, 5.41) is 8.29. The molecule has 1 atom stereocenters. The van der Waals surface area contributed by atoms with E-state index < -0.39 is 9.05 Å². The van der Waals surface area contributed by atoms with Crippen LogP contribution in [0.4, 0.5) is 0 Å². The van der Waals surface area contributed by atoms with Crippen molar-refractivity contribution in [3.05, 3.63) is 0 Å². The minimum Gasteiger partial charge on any atom is -0.285 e. The van der Waals surface area contributed by atoms with Crippen LogP contribution in [0.25, 0.3) is 0 Å². The van der Waals surface area contributed by atoms with Gasteiger partial charge in [-0.15, -0.1) is 0 Å². The quantitative estimate of drug-likeness (QED) is 0.637. The molecule has 0 aromatic carbocycles. The highest BCUT2D eigenvalue weighted by Crippen LogP contribution is 2.07. The fourth-order valence-electron chi connectivity index (χ4n) is 1.18. The van der Waals surface area contributed by atoms with Crippen LogP contribution in [0.1, 0.15) is 44.9 Å². The van der Waals surface area contributed by atoms with Crippen LogP contribution in [0, 0.1) is 11.3 Å². The summed E-state index contributed by atoms with van der Waals surface area (Å²) < 4.78 is 23.6. The Morgan fingerprint density at radius 1 is 1.20 bits per heavy atom. The molecule has 0 aliphatic heterocycles. The smallest absolute Gasteiger partial charge is 0.266 e. The van der Waals surface area contributed by atoms with Gasteiger partial charge in [0.2, 0.25) is 0 Å². The van der Waals surface area contributed by atoms with Crippen LogP contribution < -0.4 is 0 Å². The first-order chi connectivity index (χ1) is 7.06. The van der Waals surface area contributed by atoms with Gasteiger partial charge in [0.15, 0.2) is 0 Å². The number of hydrogen-bond donors (Lipinski definition) is 1. The van der Waals surface area contributed by atoms with Gasteiger partial charge in [0.1, 0.15) is 0 Å². The third-order valence-corrected chi connectivity index (χ3v) is 2.67. The van der Waals surface area contributed by atoms with E-state index in [1.807, 2.05) is 0 Å². The van der Waals surface area contributed by atoms with Crippen LogP contribution >= 0.6 is 0 Å². The van der Waals surface area contributed by atoms with Crippen LogP contribution in [0.5, 0.6) is 0 Å². The Hall–Kier alpha value is -0.220. The van der Waals surface area contributed by atoms with E-state index in [1.165, 1.54) is 0 Å². The largest absolute Gasteiger partial charge is 0.285 e. The highest BCUT2D eigenvalue weighted by atomic mass is 32.9. The highest BCUT2D eigenvalue weighted by Gasteiger charge is 1.98. The number of hydrogen-bond acceptors (Lipinski definition) is 4. The molecule has 0 aromatic heterocycles. The second kappa shape index (κ2) is 9.04. The van der Waals surface area contributed by atoms with Crippen LogP contribution in [-0.4, -0.2) is 15.4 Å². The lowest BCUT2D eigenvalue weighted by molar-refractivity contribution is 0.294. The van der Waals surface area contributed by atoms with Crippen LogP contribution in [0.15, 0.2) is 0 Å². The molecule has 0 bridgehead atoms. The molecule has 6 heteroatoms. The second-order valence-electron chi connectivity index (χ2n) is 3.28. The van der Waals surface area contributed by atoms with E-state index in [-0.39, 0.29) is 6.61 Å². The molecule has 0 saturated carbocycles. The molecule has 1 unspecified atom stereocenters. The molecule has 0 radical (unpaired) electrons. The maximum atomic E-state index is 10.5. The van der Waals surface area contributed by atoms with Gasteiger partial charge in [-0.2, -0.15) is 9.47 Å². The van der Waals surface area contributed by atoms with Gasteiger partial charge in [0.25, 0.3) is 9.05 Å². The Morgan fingerprint density at radius 3 is 2.27 bits per heavy atom. The molecule has 0 heterocycles. The molecule has 88 valence electrons. The van der Waals surface area contributed by atoms with Gasteiger partial charge < -0.3 is 0 Å². The predicted molar refractivity (Wildman–Crippen MR) is 62.0 cm³/mol. The fraction of sp³-hybridized carbons (Fsp3) is 0.889. The Labute approximate surface area is 96.3 Å². The Kier molecular flexibility index (Phi) is 8.91. The molecule has 0 saturated heterocycles. The molecule has 0 aromatic rings. The molecule has 0 rings (SSSR count). The minimum absolute atomic E-state index is 0.247. The summed E-state index contributed by atoms with van der Waals surface area (Å²) in [4.78, 5) is 0. The number of unbranched alkanes of at least 4 members (excludes halogenated alkanes) is 6. The van der Waals surface area contributed by atoms with Crippen molar-refractivity contribution in [2.75, 3.05) is 6.61 Å². The van der Waals surface area contributed by atoms with E-state index in [4.69, 9.17) is 9.81 Å². The monoisotopic (exact) mass is 251 g/mol. The van der Waals surface area contributed by atoms with Gasteiger partial charge in [-0.05, 0) is 12.8 Å². The predicted octanol–water partition coefficient (Wildman–Crippen LogP) is 2.39.